The summed E-state index contributed by atoms with van der Waals surface area (Å²) in [5.74, 6) is -1.26. The van der Waals surface area contributed by atoms with E-state index < -0.39 is 40.9 Å². The summed E-state index contributed by atoms with van der Waals surface area (Å²) in [6.45, 7) is 0.445. The van der Waals surface area contributed by atoms with Gasteiger partial charge in [0.15, 0.2) is 23.1 Å². The fourth-order valence-electron chi connectivity index (χ4n) is 4.98. The molecule has 6 rings (SSSR count). The Morgan fingerprint density at radius 2 is 1.85 bits per heavy atom. The number of hydrogen-bond donors (Lipinski definition) is 1. The van der Waals surface area contributed by atoms with Crippen LogP contribution in [0.4, 0.5) is 8.78 Å². The normalized spacial score (nSPS) is 21.3. The summed E-state index contributed by atoms with van der Waals surface area (Å²) in [7, 11) is 0. The molecule has 0 bridgehead atoms. The van der Waals surface area contributed by atoms with Gasteiger partial charge < -0.3 is 10.0 Å². The van der Waals surface area contributed by atoms with Crippen LogP contribution in [0, 0.1) is 11.6 Å². The van der Waals surface area contributed by atoms with Crippen molar-refractivity contribution in [3.05, 3.63) is 92.9 Å². The minimum atomic E-state index is -0.908. The standard InChI is InChI=1S/C24H19F2N3O3S2/c25-16-6-5-13-15(20(16)26)11-34-18-4-2-1-3-14(18)21(13)29-19-12-33-10-9-27(19)24(32)22-23(31)17(30)7-8-28(22)29/h1-8,19,21,31H,9-12H2/t19-,21+/m1/s1. The van der Waals surface area contributed by atoms with Crippen molar-refractivity contribution < 1.29 is 18.7 Å². The van der Waals surface area contributed by atoms with E-state index in [4.69, 9.17) is 0 Å². The molecular formula is C24H19F2N3O3S2. The number of nitrogens with zero attached hydrogens (tertiary/aromatic N) is 3. The molecule has 4 heterocycles. The van der Waals surface area contributed by atoms with Crippen LogP contribution < -0.4 is 10.4 Å². The second kappa shape index (κ2) is 8.06. The molecule has 0 radical (unpaired) electrons. The van der Waals surface area contributed by atoms with Gasteiger partial charge in [-0.15, -0.1) is 11.8 Å². The molecule has 1 aromatic heterocycles. The molecule has 3 aliphatic rings. The highest BCUT2D eigenvalue weighted by molar-refractivity contribution is 7.99. The number of amides is 1. The zero-order valence-corrected chi connectivity index (χ0v) is 19.4. The van der Waals surface area contributed by atoms with Gasteiger partial charge in [-0.2, -0.15) is 11.8 Å². The molecule has 174 valence electrons. The molecule has 1 N–H and O–H groups in total. The lowest BCUT2D eigenvalue weighted by molar-refractivity contribution is 0.0587. The number of rotatable bonds is 1. The van der Waals surface area contributed by atoms with E-state index in [2.05, 4.69) is 0 Å². The minimum absolute atomic E-state index is 0.117. The van der Waals surface area contributed by atoms with Crippen LogP contribution in [0.15, 0.2) is 58.4 Å². The number of carbonyl (C=O) groups is 1. The van der Waals surface area contributed by atoms with Gasteiger partial charge in [-0.3, -0.25) is 19.3 Å². The Balaban J connectivity index is 1.67. The Morgan fingerprint density at radius 1 is 1.03 bits per heavy atom. The third kappa shape index (κ3) is 3.08. The van der Waals surface area contributed by atoms with Crippen LogP contribution in [0.3, 0.4) is 0 Å². The largest absolute Gasteiger partial charge is 0.502 e. The molecule has 1 saturated heterocycles. The zero-order valence-electron chi connectivity index (χ0n) is 17.8. The molecule has 2 aromatic carbocycles. The number of aromatic hydroxyl groups is 1. The van der Waals surface area contributed by atoms with Crippen molar-refractivity contribution in [3.63, 3.8) is 0 Å². The Hall–Kier alpha value is -2.98. The van der Waals surface area contributed by atoms with Gasteiger partial charge in [0, 0.05) is 46.5 Å². The van der Waals surface area contributed by atoms with Crippen LogP contribution in [0.2, 0.25) is 0 Å². The van der Waals surface area contributed by atoms with E-state index in [0.29, 0.717) is 17.9 Å². The second-order valence-corrected chi connectivity index (χ2v) is 10.5. The molecule has 0 unspecified atom stereocenters. The molecule has 1 fully saturated rings. The lowest BCUT2D eigenvalue weighted by Crippen LogP contribution is -2.65. The first-order valence-electron chi connectivity index (χ1n) is 10.8. The van der Waals surface area contributed by atoms with Gasteiger partial charge in [0.2, 0.25) is 5.43 Å². The summed E-state index contributed by atoms with van der Waals surface area (Å²) in [6, 6.07) is 11.0. The molecule has 0 aliphatic carbocycles. The summed E-state index contributed by atoms with van der Waals surface area (Å²) in [5.41, 5.74) is 0.977. The SMILES string of the molecule is O=C1c2c(O)c(=O)ccn2N([C@@H]2c3ccccc3SCc3c2ccc(F)c3F)[C@@H]2CSCCN12. The quantitative estimate of drug-likeness (QED) is 0.551. The lowest BCUT2D eigenvalue weighted by atomic mass is 9.93. The number of thioether (sulfide) groups is 2. The second-order valence-electron chi connectivity index (χ2n) is 8.31. The van der Waals surface area contributed by atoms with Crippen LogP contribution in [0.1, 0.15) is 33.2 Å². The van der Waals surface area contributed by atoms with Gasteiger partial charge in [0.05, 0.1) is 6.04 Å². The maximum atomic E-state index is 15.1. The molecule has 1 amide bonds. The lowest BCUT2D eigenvalue weighted by Gasteiger charge is -2.51. The summed E-state index contributed by atoms with van der Waals surface area (Å²) < 4.78 is 30.9. The fourth-order valence-corrected chi connectivity index (χ4v) is 7.13. The van der Waals surface area contributed by atoms with Crippen molar-refractivity contribution in [1.82, 2.24) is 9.58 Å². The maximum absolute atomic E-state index is 15.1. The van der Waals surface area contributed by atoms with Gasteiger partial charge in [-0.05, 0) is 23.3 Å². The monoisotopic (exact) mass is 499 g/mol. The number of aromatic nitrogens is 1. The smallest absolute Gasteiger partial charge is 0.278 e. The Bertz CT molecular complexity index is 1400. The molecule has 2 atom stereocenters. The number of pyridine rings is 1. The zero-order chi connectivity index (χ0) is 23.6. The third-order valence-electron chi connectivity index (χ3n) is 6.55. The first kappa shape index (κ1) is 21.5. The molecule has 3 aromatic rings. The van der Waals surface area contributed by atoms with Crippen molar-refractivity contribution in [1.29, 1.82) is 0 Å². The van der Waals surface area contributed by atoms with E-state index >= 15 is 4.39 Å². The highest BCUT2D eigenvalue weighted by Gasteiger charge is 2.45. The van der Waals surface area contributed by atoms with Crippen LogP contribution in [0.25, 0.3) is 0 Å². The van der Waals surface area contributed by atoms with Gasteiger partial charge >= 0.3 is 0 Å². The third-order valence-corrected chi connectivity index (χ3v) is 8.67. The fraction of sp³-hybridized carbons (Fsp3) is 0.250. The average molecular weight is 500 g/mol. The predicted octanol–water partition coefficient (Wildman–Crippen LogP) is 3.69. The van der Waals surface area contributed by atoms with Crippen molar-refractivity contribution in [3.8, 4) is 5.75 Å². The molecule has 0 saturated carbocycles. The van der Waals surface area contributed by atoms with Crippen molar-refractivity contribution in [2.45, 2.75) is 22.9 Å². The highest BCUT2D eigenvalue weighted by Crippen LogP contribution is 2.45. The average Bonchev–Trinajstić information content (AvgIpc) is 3.01. The van der Waals surface area contributed by atoms with E-state index in [1.165, 1.54) is 28.7 Å². The van der Waals surface area contributed by atoms with Gasteiger partial charge in [0.25, 0.3) is 5.91 Å². The Labute approximate surface area is 202 Å². The molecule has 10 heteroatoms. The van der Waals surface area contributed by atoms with E-state index in [-0.39, 0.29) is 17.0 Å². The van der Waals surface area contributed by atoms with E-state index in [0.717, 1.165) is 22.3 Å². The van der Waals surface area contributed by atoms with Gasteiger partial charge in [0.1, 0.15) is 6.17 Å². The molecular weight excluding hydrogens is 480 g/mol. The first-order valence-corrected chi connectivity index (χ1v) is 12.9. The van der Waals surface area contributed by atoms with Crippen molar-refractivity contribution in [2.24, 2.45) is 0 Å². The number of halogens is 2. The van der Waals surface area contributed by atoms with Crippen LogP contribution in [-0.4, -0.2) is 44.8 Å². The summed E-state index contributed by atoms with van der Waals surface area (Å²) in [5, 5.41) is 12.5. The number of benzene rings is 2. The summed E-state index contributed by atoms with van der Waals surface area (Å²) >= 11 is 3.13. The Kier molecular flexibility index (Phi) is 5.11. The molecule has 0 spiro atoms. The van der Waals surface area contributed by atoms with E-state index in [1.807, 2.05) is 29.3 Å². The maximum Gasteiger partial charge on any atom is 0.278 e. The van der Waals surface area contributed by atoms with Gasteiger partial charge in [-0.25, -0.2) is 8.78 Å². The number of hydrogen-bond acceptors (Lipinski definition) is 6. The van der Waals surface area contributed by atoms with Crippen LogP contribution in [0.5, 0.6) is 5.75 Å². The molecule has 34 heavy (non-hydrogen) atoms. The highest BCUT2D eigenvalue weighted by atomic mass is 32.2. The van der Waals surface area contributed by atoms with Crippen molar-refractivity contribution in [2.75, 3.05) is 23.1 Å². The number of fused-ring (bicyclic) bond motifs is 4. The van der Waals surface area contributed by atoms with Crippen LogP contribution in [-0.2, 0) is 5.75 Å². The van der Waals surface area contributed by atoms with Crippen LogP contribution >= 0.6 is 23.5 Å². The number of carbonyl (C=O) groups excluding carboxylic acids is 1. The van der Waals surface area contributed by atoms with Gasteiger partial charge in [-0.1, -0.05) is 24.3 Å². The van der Waals surface area contributed by atoms with E-state index in [9.17, 15) is 19.1 Å². The summed E-state index contributed by atoms with van der Waals surface area (Å²) in [4.78, 5) is 28.2. The van der Waals surface area contributed by atoms with E-state index in [1.54, 1.807) is 22.7 Å². The predicted molar refractivity (Wildman–Crippen MR) is 127 cm³/mol. The topological polar surface area (TPSA) is 65.8 Å². The Morgan fingerprint density at radius 3 is 2.71 bits per heavy atom. The van der Waals surface area contributed by atoms with Crippen molar-refractivity contribution >= 4 is 29.4 Å². The minimum Gasteiger partial charge on any atom is -0.502 e. The summed E-state index contributed by atoms with van der Waals surface area (Å²) in [6.07, 6.45) is 1.06. The molecule has 3 aliphatic heterocycles. The molecule has 6 nitrogen and oxygen atoms in total. The first-order chi connectivity index (χ1) is 16.5.